The molecule has 4 heterocycles. The lowest BCUT2D eigenvalue weighted by Gasteiger charge is -2.39. The second-order valence-electron chi connectivity index (χ2n) is 10.7. The van der Waals surface area contributed by atoms with E-state index in [1.165, 1.54) is 51.8 Å². The van der Waals surface area contributed by atoms with Crippen LogP contribution in [0.25, 0.3) is 16.3 Å². The number of aromatic nitrogens is 2. The van der Waals surface area contributed by atoms with E-state index >= 15 is 0 Å². The highest BCUT2D eigenvalue weighted by Crippen LogP contribution is 2.36. The predicted molar refractivity (Wildman–Crippen MR) is 138 cm³/mol. The van der Waals surface area contributed by atoms with Crippen molar-refractivity contribution in [1.82, 2.24) is 19.2 Å². The third kappa shape index (κ3) is 4.78. The van der Waals surface area contributed by atoms with Crippen LogP contribution in [0, 0.1) is 11.6 Å². The van der Waals surface area contributed by atoms with Crippen LogP contribution in [0.1, 0.15) is 60.4 Å². The second kappa shape index (κ2) is 9.68. The number of alkyl halides is 2. The molecular formula is C28H26F4N4O4. The topological polar surface area (TPSA) is 87.1 Å². The van der Waals surface area contributed by atoms with Crippen LogP contribution in [-0.4, -0.2) is 50.4 Å². The van der Waals surface area contributed by atoms with Gasteiger partial charge in [0.1, 0.15) is 5.60 Å². The molecule has 0 radical (unpaired) electrons. The monoisotopic (exact) mass is 558 g/mol. The zero-order chi connectivity index (χ0) is 29.1. The number of carbonyl (C=O) groups excluding carboxylic acids is 2. The number of hydrogen-bond donors (Lipinski definition) is 1. The van der Waals surface area contributed by atoms with Gasteiger partial charge in [0.15, 0.2) is 11.6 Å². The van der Waals surface area contributed by atoms with Crippen molar-refractivity contribution in [3.05, 3.63) is 87.1 Å². The van der Waals surface area contributed by atoms with Gasteiger partial charge in [0, 0.05) is 42.8 Å². The molecule has 8 nitrogen and oxygen atoms in total. The summed E-state index contributed by atoms with van der Waals surface area (Å²) in [4.78, 5) is 44.8. The SMILES string of the molecule is CN(C(=O)c1cc2c(C(F)F)cccn2c1)[C@H]1CN(C(=O)OC(C)(C)C)Cc2[nH]c(=O)c3cc(F)c(F)cc3c21. The van der Waals surface area contributed by atoms with Crippen molar-refractivity contribution in [2.45, 2.75) is 45.4 Å². The Morgan fingerprint density at radius 2 is 1.80 bits per heavy atom. The number of amides is 2. The van der Waals surface area contributed by atoms with Crippen molar-refractivity contribution in [3.63, 3.8) is 0 Å². The van der Waals surface area contributed by atoms with Crippen LogP contribution in [0.4, 0.5) is 22.4 Å². The van der Waals surface area contributed by atoms with Crippen molar-refractivity contribution in [3.8, 4) is 0 Å². The fraction of sp³-hybridized carbons (Fsp3) is 0.321. The highest BCUT2D eigenvalue weighted by atomic mass is 19.3. The van der Waals surface area contributed by atoms with Crippen molar-refractivity contribution in [1.29, 1.82) is 0 Å². The second-order valence-corrected chi connectivity index (χ2v) is 10.7. The van der Waals surface area contributed by atoms with Gasteiger partial charge in [0.25, 0.3) is 17.9 Å². The molecule has 2 amide bonds. The maximum absolute atomic E-state index is 14.4. The van der Waals surface area contributed by atoms with E-state index < -0.39 is 47.3 Å². The summed E-state index contributed by atoms with van der Waals surface area (Å²) < 4.78 is 62.5. The van der Waals surface area contributed by atoms with Crippen LogP contribution in [0.2, 0.25) is 0 Å². The number of H-pyrrole nitrogens is 1. The molecule has 3 aromatic heterocycles. The molecule has 4 aromatic rings. The minimum atomic E-state index is -2.76. The van der Waals surface area contributed by atoms with Gasteiger partial charge in [0.2, 0.25) is 0 Å². The van der Waals surface area contributed by atoms with Crippen molar-refractivity contribution in [2.75, 3.05) is 13.6 Å². The third-order valence-corrected chi connectivity index (χ3v) is 6.85. The molecule has 210 valence electrons. The molecule has 0 unspecified atom stereocenters. The van der Waals surface area contributed by atoms with E-state index in [9.17, 15) is 31.9 Å². The number of benzene rings is 1. The van der Waals surface area contributed by atoms with Gasteiger partial charge in [0.05, 0.1) is 29.1 Å². The molecule has 1 aliphatic heterocycles. The van der Waals surface area contributed by atoms with Crippen molar-refractivity contribution < 1.29 is 31.9 Å². The molecule has 1 aromatic carbocycles. The average molecular weight is 559 g/mol. The van der Waals surface area contributed by atoms with E-state index in [1.807, 2.05) is 0 Å². The summed E-state index contributed by atoms with van der Waals surface area (Å²) in [6.07, 6.45) is -0.514. The largest absolute Gasteiger partial charge is 0.444 e. The number of hydrogen-bond acceptors (Lipinski definition) is 4. The van der Waals surface area contributed by atoms with Crippen LogP contribution >= 0.6 is 0 Å². The van der Waals surface area contributed by atoms with Gasteiger partial charge in [-0.1, -0.05) is 0 Å². The summed E-state index contributed by atoms with van der Waals surface area (Å²) in [7, 11) is 1.45. The van der Waals surface area contributed by atoms with Crippen molar-refractivity contribution in [2.24, 2.45) is 0 Å². The number of rotatable bonds is 3. The van der Waals surface area contributed by atoms with E-state index in [0.29, 0.717) is 5.56 Å². The minimum Gasteiger partial charge on any atom is -0.444 e. The number of nitrogens with zero attached hydrogens (tertiary/aromatic N) is 3. The maximum Gasteiger partial charge on any atom is 0.410 e. The lowest BCUT2D eigenvalue weighted by Crippen LogP contribution is -2.47. The molecule has 12 heteroatoms. The Bertz CT molecular complexity index is 1720. The van der Waals surface area contributed by atoms with Gasteiger partial charge >= 0.3 is 6.09 Å². The summed E-state index contributed by atoms with van der Waals surface area (Å²) in [5.41, 5.74) is -0.956. The quantitative estimate of drug-likeness (QED) is 0.334. The Morgan fingerprint density at radius 3 is 2.45 bits per heavy atom. The Kier molecular flexibility index (Phi) is 6.59. The first-order valence-corrected chi connectivity index (χ1v) is 12.4. The number of halogens is 4. The predicted octanol–water partition coefficient (Wildman–Crippen LogP) is 5.56. The van der Waals surface area contributed by atoms with E-state index in [1.54, 1.807) is 20.8 Å². The van der Waals surface area contributed by atoms with Gasteiger partial charge < -0.3 is 19.0 Å². The first-order valence-electron chi connectivity index (χ1n) is 12.4. The van der Waals surface area contributed by atoms with Crippen LogP contribution < -0.4 is 5.56 Å². The Hall–Kier alpha value is -4.35. The normalized spacial score (nSPS) is 15.5. The molecule has 0 bridgehead atoms. The Morgan fingerprint density at radius 1 is 1.12 bits per heavy atom. The van der Waals surface area contributed by atoms with Gasteiger partial charge in [-0.3, -0.25) is 14.5 Å². The summed E-state index contributed by atoms with van der Waals surface area (Å²) >= 11 is 0. The van der Waals surface area contributed by atoms with Gasteiger partial charge in [-0.2, -0.15) is 0 Å². The van der Waals surface area contributed by atoms with E-state index in [4.69, 9.17) is 4.74 Å². The Labute approximate surface area is 225 Å². The molecular weight excluding hydrogens is 532 g/mol. The van der Waals surface area contributed by atoms with Gasteiger partial charge in [-0.25, -0.2) is 22.4 Å². The summed E-state index contributed by atoms with van der Waals surface area (Å²) in [6.45, 7) is 4.86. The molecule has 1 aliphatic rings. The minimum absolute atomic E-state index is 0.0909. The van der Waals surface area contributed by atoms with E-state index in [0.717, 1.165) is 12.1 Å². The molecule has 1 atom stereocenters. The molecule has 1 N–H and O–H groups in total. The standard InChI is InChI=1S/C28H26F4N4O4/c1-28(2,3)40-27(39)36-12-20-23(16-9-18(29)19(30)10-17(16)25(37)33-20)22(13-36)34(4)26(38)14-8-21-15(24(31)32)6-5-7-35(21)11-14/h5-11,22,24H,12-13H2,1-4H3,(H,33,37)/t22-/m0/s1. The lowest BCUT2D eigenvalue weighted by atomic mass is 9.92. The summed E-state index contributed by atoms with van der Waals surface area (Å²) in [5, 5.41) is -0.0291. The summed E-state index contributed by atoms with van der Waals surface area (Å²) in [6, 6.07) is 4.80. The lowest BCUT2D eigenvalue weighted by molar-refractivity contribution is 0.0142. The van der Waals surface area contributed by atoms with Crippen LogP contribution in [0.3, 0.4) is 0 Å². The maximum atomic E-state index is 14.4. The van der Waals surface area contributed by atoms with E-state index in [-0.39, 0.29) is 46.2 Å². The molecule has 0 aliphatic carbocycles. The van der Waals surface area contributed by atoms with Gasteiger partial charge in [-0.05, 0) is 56.5 Å². The molecule has 0 spiro atoms. The number of ether oxygens (including phenoxy) is 1. The smallest absolute Gasteiger partial charge is 0.410 e. The number of nitrogens with one attached hydrogen (secondary N) is 1. The Balaban J connectivity index is 1.63. The van der Waals surface area contributed by atoms with Crippen LogP contribution in [-0.2, 0) is 11.3 Å². The number of fused-ring (bicyclic) bond motifs is 4. The molecule has 40 heavy (non-hydrogen) atoms. The highest BCUT2D eigenvalue weighted by Gasteiger charge is 2.37. The van der Waals surface area contributed by atoms with Crippen molar-refractivity contribution >= 4 is 28.3 Å². The van der Waals surface area contributed by atoms with Crippen LogP contribution in [0.15, 0.2) is 47.5 Å². The number of aromatic amines is 1. The zero-order valence-electron chi connectivity index (χ0n) is 22.1. The summed E-state index contributed by atoms with van der Waals surface area (Å²) in [5.74, 6) is -2.96. The fourth-order valence-electron chi connectivity index (χ4n) is 5.04. The highest BCUT2D eigenvalue weighted by molar-refractivity contribution is 5.97. The first-order chi connectivity index (χ1) is 18.7. The third-order valence-electron chi connectivity index (χ3n) is 6.85. The average Bonchev–Trinajstić information content (AvgIpc) is 3.31. The molecule has 0 fully saturated rings. The molecule has 0 saturated heterocycles. The number of carbonyl (C=O) groups is 2. The first kappa shape index (κ1) is 27.2. The molecule has 0 saturated carbocycles. The fourth-order valence-corrected chi connectivity index (χ4v) is 5.04. The molecule has 5 rings (SSSR count). The van der Waals surface area contributed by atoms with Gasteiger partial charge in [-0.15, -0.1) is 0 Å². The zero-order valence-corrected chi connectivity index (χ0v) is 22.1. The number of pyridine rings is 2. The van der Waals surface area contributed by atoms with E-state index in [2.05, 4.69) is 4.98 Å². The van der Waals surface area contributed by atoms with Crippen LogP contribution in [0.5, 0.6) is 0 Å². The number of likely N-dealkylation sites (N-methyl/N-ethyl adjacent to an activating group) is 1.